The van der Waals surface area contributed by atoms with Crippen LogP contribution in [0, 0.1) is 13.8 Å². The lowest BCUT2D eigenvalue weighted by molar-refractivity contribution is -0.125. The highest BCUT2D eigenvalue weighted by Crippen LogP contribution is 2.41. The Hall–Kier alpha value is -2.80. The number of fused-ring (bicyclic) bond motifs is 1. The average Bonchev–Trinajstić information content (AvgIpc) is 3.22. The van der Waals surface area contributed by atoms with Gasteiger partial charge in [-0.25, -0.2) is 4.99 Å². The van der Waals surface area contributed by atoms with Crippen molar-refractivity contribution in [2.45, 2.75) is 26.8 Å². The SMILES string of the molecule is CC1=C(C(=O)Nc2ccccc2C)[C@@H](c2ccc(C)o2)N2C(=O)CSC2=N1. The Balaban J connectivity index is 1.78. The van der Waals surface area contributed by atoms with Crippen LogP contribution in [0.1, 0.15) is 30.0 Å². The minimum atomic E-state index is -0.613. The van der Waals surface area contributed by atoms with Gasteiger partial charge in [-0.1, -0.05) is 30.0 Å². The summed E-state index contributed by atoms with van der Waals surface area (Å²) in [5.74, 6) is 1.24. The average molecular weight is 381 g/mol. The monoisotopic (exact) mass is 381 g/mol. The van der Waals surface area contributed by atoms with E-state index in [1.165, 1.54) is 11.8 Å². The van der Waals surface area contributed by atoms with Crippen LogP contribution in [0.3, 0.4) is 0 Å². The Kier molecular flexibility index (Phi) is 4.39. The quantitative estimate of drug-likeness (QED) is 0.878. The maximum absolute atomic E-state index is 13.2. The summed E-state index contributed by atoms with van der Waals surface area (Å²) in [6.45, 7) is 5.57. The third kappa shape index (κ3) is 3.08. The number of anilines is 1. The number of allylic oxidation sites excluding steroid dienone is 1. The number of furan rings is 1. The van der Waals surface area contributed by atoms with Crippen molar-refractivity contribution in [2.24, 2.45) is 4.99 Å². The van der Waals surface area contributed by atoms with Crippen molar-refractivity contribution >= 4 is 34.4 Å². The lowest BCUT2D eigenvalue weighted by Gasteiger charge is -2.31. The molecule has 1 aromatic heterocycles. The second kappa shape index (κ2) is 6.74. The highest BCUT2D eigenvalue weighted by atomic mass is 32.2. The first-order chi connectivity index (χ1) is 13.0. The van der Waals surface area contributed by atoms with E-state index >= 15 is 0 Å². The van der Waals surface area contributed by atoms with E-state index in [1.807, 2.05) is 50.2 Å². The predicted molar refractivity (Wildman–Crippen MR) is 105 cm³/mol. The van der Waals surface area contributed by atoms with Gasteiger partial charge in [0.1, 0.15) is 17.6 Å². The number of aliphatic imine (C=N–C) groups is 1. The first-order valence-electron chi connectivity index (χ1n) is 8.63. The second-order valence-electron chi connectivity index (χ2n) is 6.57. The number of aryl methyl sites for hydroxylation is 2. The van der Waals surface area contributed by atoms with Crippen LogP contribution in [-0.4, -0.2) is 27.6 Å². The van der Waals surface area contributed by atoms with Gasteiger partial charge >= 0.3 is 0 Å². The fraction of sp³-hybridized carbons (Fsp3) is 0.250. The molecule has 6 nitrogen and oxygen atoms in total. The molecule has 1 N–H and O–H groups in total. The van der Waals surface area contributed by atoms with E-state index in [9.17, 15) is 9.59 Å². The van der Waals surface area contributed by atoms with Crippen LogP contribution in [0.25, 0.3) is 0 Å². The van der Waals surface area contributed by atoms with Gasteiger partial charge in [-0.15, -0.1) is 0 Å². The van der Waals surface area contributed by atoms with Crippen LogP contribution in [0.5, 0.6) is 0 Å². The molecule has 2 aromatic rings. The fourth-order valence-electron chi connectivity index (χ4n) is 3.30. The molecule has 1 aromatic carbocycles. The molecular weight excluding hydrogens is 362 g/mol. The zero-order valence-electron chi connectivity index (χ0n) is 15.3. The molecule has 0 bridgehead atoms. The van der Waals surface area contributed by atoms with Gasteiger partial charge in [-0.2, -0.15) is 0 Å². The van der Waals surface area contributed by atoms with Crippen LogP contribution in [0.4, 0.5) is 5.69 Å². The highest BCUT2D eigenvalue weighted by molar-refractivity contribution is 8.15. The van der Waals surface area contributed by atoms with Crippen molar-refractivity contribution in [2.75, 3.05) is 11.1 Å². The number of hydrogen-bond donors (Lipinski definition) is 1. The fourth-order valence-corrected chi connectivity index (χ4v) is 4.24. The van der Waals surface area contributed by atoms with Gasteiger partial charge in [-0.3, -0.25) is 14.5 Å². The summed E-state index contributed by atoms with van der Waals surface area (Å²) in [5.41, 5.74) is 2.71. The van der Waals surface area contributed by atoms with Crippen LogP contribution in [0.15, 0.2) is 57.1 Å². The maximum Gasteiger partial charge on any atom is 0.256 e. The molecule has 2 aliphatic rings. The topological polar surface area (TPSA) is 74.9 Å². The molecule has 0 radical (unpaired) electrons. The first-order valence-corrected chi connectivity index (χ1v) is 9.62. The zero-order valence-corrected chi connectivity index (χ0v) is 16.1. The van der Waals surface area contributed by atoms with Gasteiger partial charge < -0.3 is 9.73 Å². The molecule has 27 heavy (non-hydrogen) atoms. The van der Waals surface area contributed by atoms with Gasteiger partial charge in [0.2, 0.25) is 5.91 Å². The van der Waals surface area contributed by atoms with Crippen LogP contribution >= 0.6 is 11.8 Å². The number of para-hydroxylation sites is 1. The van der Waals surface area contributed by atoms with Crippen molar-refractivity contribution < 1.29 is 14.0 Å². The third-order valence-corrected chi connectivity index (χ3v) is 5.59. The minimum Gasteiger partial charge on any atom is -0.464 e. The van der Waals surface area contributed by atoms with Crippen molar-refractivity contribution in [1.29, 1.82) is 0 Å². The molecule has 1 saturated heterocycles. The van der Waals surface area contributed by atoms with E-state index < -0.39 is 6.04 Å². The highest BCUT2D eigenvalue weighted by Gasteiger charge is 2.44. The molecule has 2 aliphatic heterocycles. The van der Waals surface area contributed by atoms with Crippen LogP contribution in [-0.2, 0) is 9.59 Å². The molecule has 2 amide bonds. The van der Waals surface area contributed by atoms with E-state index in [1.54, 1.807) is 11.8 Å². The molecule has 0 spiro atoms. The standard InChI is InChI=1S/C20H19N3O3S/c1-11-6-4-5-7-14(11)22-19(25)17-13(3)21-20-23(16(24)10-27-20)18(17)15-9-8-12(2)26-15/h4-9,18H,10H2,1-3H3,(H,22,25)/t18-/m1/s1. The number of nitrogens with zero attached hydrogens (tertiary/aromatic N) is 2. The van der Waals surface area contributed by atoms with Crippen LogP contribution < -0.4 is 5.32 Å². The molecule has 4 rings (SSSR count). The normalized spacial score (nSPS) is 19.2. The number of hydrogen-bond acceptors (Lipinski definition) is 5. The number of thioether (sulfide) groups is 1. The predicted octanol–water partition coefficient (Wildman–Crippen LogP) is 3.80. The number of benzene rings is 1. The summed E-state index contributed by atoms with van der Waals surface area (Å²) in [6, 6.07) is 10.6. The molecule has 0 aliphatic carbocycles. The molecule has 138 valence electrons. The minimum absolute atomic E-state index is 0.0773. The van der Waals surface area contributed by atoms with Crippen molar-refractivity contribution in [3.05, 3.63) is 64.8 Å². The summed E-state index contributed by atoms with van der Waals surface area (Å²) < 4.78 is 5.81. The second-order valence-corrected chi connectivity index (χ2v) is 7.51. The number of rotatable bonds is 3. The zero-order chi connectivity index (χ0) is 19.1. The van der Waals surface area contributed by atoms with Crippen molar-refractivity contribution in [3.63, 3.8) is 0 Å². The number of amides is 2. The molecule has 3 heterocycles. The number of carbonyl (C=O) groups is 2. The van der Waals surface area contributed by atoms with Gasteiger partial charge in [0.25, 0.3) is 5.91 Å². The van der Waals surface area contributed by atoms with Gasteiger partial charge in [-0.05, 0) is 44.5 Å². The van der Waals surface area contributed by atoms with E-state index in [0.717, 1.165) is 17.0 Å². The van der Waals surface area contributed by atoms with Crippen molar-refractivity contribution in [3.8, 4) is 0 Å². The van der Waals surface area contributed by atoms with Gasteiger partial charge in [0.05, 0.1) is 17.0 Å². The maximum atomic E-state index is 13.2. The summed E-state index contributed by atoms with van der Waals surface area (Å²) in [6.07, 6.45) is 0. The third-order valence-electron chi connectivity index (χ3n) is 4.65. The molecule has 1 fully saturated rings. The summed E-state index contributed by atoms with van der Waals surface area (Å²) >= 11 is 1.38. The van der Waals surface area contributed by atoms with Gasteiger partial charge in [0.15, 0.2) is 5.17 Å². The lowest BCUT2D eigenvalue weighted by atomic mass is 9.98. The largest absolute Gasteiger partial charge is 0.464 e. The lowest BCUT2D eigenvalue weighted by Crippen LogP contribution is -2.40. The Morgan fingerprint density at radius 1 is 1.22 bits per heavy atom. The number of nitrogens with one attached hydrogen (secondary N) is 1. The summed E-state index contributed by atoms with van der Waals surface area (Å²) in [7, 11) is 0. The Morgan fingerprint density at radius 3 is 2.70 bits per heavy atom. The van der Waals surface area contributed by atoms with E-state index in [2.05, 4.69) is 10.3 Å². The Labute approximate surface area is 161 Å². The van der Waals surface area contributed by atoms with Gasteiger partial charge in [0, 0.05) is 5.69 Å². The van der Waals surface area contributed by atoms with E-state index in [-0.39, 0.29) is 11.8 Å². The van der Waals surface area contributed by atoms with E-state index in [4.69, 9.17) is 4.42 Å². The molecule has 7 heteroatoms. The van der Waals surface area contributed by atoms with Crippen molar-refractivity contribution in [1.82, 2.24) is 4.90 Å². The number of carbonyl (C=O) groups excluding carboxylic acids is 2. The molecular formula is C20H19N3O3S. The number of amidine groups is 1. The summed E-state index contributed by atoms with van der Waals surface area (Å²) in [5, 5.41) is 3.57. The van der Waals surface area contributed by atoms with Crippen LogP contribution in [0.2, 0.25) is 0 Å². The first kappa shape index (κ1) is 17.6. The molecule has 1 atom stereocenters. The Morgan fingerprint density at radius 2 is 2.00 bits per heavy atom. The molecule has 0 saturated carbocycles. The summed E-state index contributed by atoms with van der Waals surface area (Å²) in [4.78, 5) is 31.8. The van der Waals surface area contributed by atoms with E-state index in [0.29, 0.717) is 28.0 Å². The molecule has 0 unspecified atom stereocenters. The Bertz CT molecular complexity index is 1010. The smallest absolute Gasteiger partial charge is 0.256 e.